The number of hydrogen-bond donors (Lipinski definition) is 1. The zero-order chi connectivity index (χ0) is 14.0. The van der Waals surface area contributed by atoms with E-state index in [1.807, 2.05) is 0 Å². The molecule has 2 heterocycles. The van der Waals surface area contributed by atoms with Crippen molar-refractivity contribution >= 4 is 10.0 Å². The van der Waals surface area contributed by atoms with Crippen molar-refractivity contribution in [1.82, 2.24) is 8.87 Å². The van der Waals surface area contributed by atoms with Gasteiger partial charge in [0.25, 0.3) is 0 Å². The molecule has 0 aromatic carbocycles. The number of nitrogens with zero attached hydrogens (tertiary/aromatic N) is 2. The van der Waals surface area contributed by atoms with Crippen molar-refractivity contribution in [1.29, 1.82) is 0 Å². The van der Waals surface area contributed by atoms with Gasteiger partial charge in [0.15, 0.2) is 0 Å². The van der Waals surface area contributed by atoms with Gasteiger partial charge in [0, 0.05) is 45.7 Å². The molecule has 1 aliphatic heterocycles. The maximum absolute atomic E-state index is 12.6. The average Bonchev–Trinajstić information content (AvgIpc) is 2.85. The third-order valence-electron chi connectivity index (χ3n) is 3.63. The van der Waals surface area contributed by atoms with Crippen LogP contribution < -0.4 is 5.73 Å². The summed E-state index contributed by atoms with van der Waals surface area (Å²) in [7, 11) is -0.00262. The molecule has 6 nitrogen and oxygen atoms in total. The molecule has 19 heavy (non-hydrogen) atoms. The predicted molar refractivity (Wildman–Crippen MR) is 72.2 cm³/mol. The first kappa shape index (κ1) is 14.5. The number of aryl methyl sites for hydroxylation is 1. The van der Waals surface area contributed by atoms with Crippen molar-refractivity contribution in [2.24, 2.45) is 12.8 Å². The Morgan fingerprint density at radius 3 is 2.79 bits per heavy atom. The topological polar surface area (TPSA) is 77.6 Å². The number of hydrogen-bond acceptors (Lipinski definition) is 4. The van der Waals surface area contributed by atoms with Crippen molar-refractivity contribution in [3.8, 4) is 0 Å². The molecule has 0 aliphatic carbocycles. The molecule has 2 N–H and O–H groups in total. The maximum atomic E-state index is 12.6. The lowest BCUT2D eigenvalue weighted by Crippen LogP contribution is -2.50. The third-order valence-corrected chi connectivity index (χ3v) is 5.57. The van der Waals surface area contributed by atoms with E-state index in [9.17, 15) is 8.42 Å². The Kier molecular flexibility index (Phi) is 4.29. The number of piperidine rings is 1. The summed E-state index contributed by atoms with van der Waals surface area (Å²) in [6.07, 6.45) is 4.80. The number of methoxy groups -OCH3 is 1. The molecule has 0 spiro atoms. The SMILES string of the molecule is COC1CCN(S(=O)(=O)c2ccn(C)c2)C(CN)C1. The fourth-order valence-electron chi connectivity index (χ4n) is 2.50. The quantitative estimate of drug-likeness (QED) is 0.855. The summed E-state index contributed by atoms with van der Waals surface area (Å²) in [5, 5.41) is 0. The lowest BCUT2D eigenvalue weighted by atomic mass is 10.0. The summed E-state index contributed by atoms with van der Waals surface area (Å²) in [6, 6.07) is 1.43. The Balaban J connectivity index is 2.25. The molecular formula is C12H21N3O3S. The minimum absolute atomic E-state index is 0.0933. The van der Waals surface area contributed by atoms with Crippen molar-refractivity contribution in [3.63, 3.8) is 0 Å². The normalized spacial score (nSPS) is 25.6. The molecule has 0 amide bonds. The van der Waals surface area contributed by atoms with Gasteiger partial charge in [-0.05, 0) is 18.9 Å². The molecule has 0 saturated carbocycles. The molecule has 108 valence electrons. The van der Waals surface area contributed by atoms with E-state index in [1.165, 1.54) is 4.31 Å². The van der Waals surface area contributed by atoms with E-state index in [1.54, 1.807) is 37.2 Å². The van der Waals surface area contributed by atoms with Crippen LogP contribution in [0.2, 0.25) is 0 Å². The van der Waals surface area contributed by atoms with Gasteiger partial charge in [-0.25, -0.2) is 8.42 Å². The van der Waals surface area contributed by atoms with E-state index in [-0.39, 0.29) is 12.1 Å². The number of rotatable bonds is 4. The maximum Gasteiger partial charge on any atom is 0.244 e. The Bertz CT molecular complexity index is 526. The van der Waals surface area contributed by atoms with Crippen LogP contribution in [0.1, 0.15) is 12.8 Å². The van der Waals surface area contributed by atoms with Crippen LogP contribution in [0.5, 0.6) is 0 Å². The summed E-state index contributed by atoms with van der Waals surface area (Å²) in [5.41, 5.74) is 5.72. The number of sulfonamides is 1. The van der Waals surface area contributed by atoms with Gasteiger partial charge >= 0.3 is 0 Å². The van der Waals surface area contributed by atoms with E-state index in [0.29, 0.717) is 30.8 Å². The van der Waals surface area contributed by atoms with Crippen LogP contribution >= 0.6 is 0 Å². The summed E-state index contributed by atoms with van der Waals surface area (Å²) in [4.78, 5) is 0.323. The van der Waals surface area contributed by atoms with Gasteiger partial charge in [-0.15, -0.1) is 0 Å². The molecule has 1 fully saturated rings. The van der Waals surface area contributed by atoms with Gasteiger partial charge in [0.05, 0.1) is 11.0 Å². The van der Waals surface area contributed by atoms with Crippen LogP contribution in [0.3, 0.4) is 0 Å². The zero-order valence-electron chi connectivity index (χ0n) is 11.3. The molecule has 2 unspecified atom stereocenters. The van der Waals surface area contributed by atoms with Crippen molar-refractivity contribution < 1.29 is 13.2 Å². The second-order valence-electron chi connectivity index (χ2n) is 4.90. The fraction of sp³-hybridized carbons (Fsp3) is 0.667. The molecule has 7 heteroatoms. The third kappa shape index (κ3) is 2.84. The predicted octanol–water partition coefficient (Wildman–Crippen LogP) is 0.152. The van der Waals surface area contributed by atoms with Crippen LogP contribution in [-0.4, -0.2) is 49.6 Å². The summed E-state index contributed by atoms with van der Waals surface area (Å²) < 4.78 is 33.7. The van der Waals surface area contributed by atoms with Crippen LogP contribution in [0, 0.1) is 0 Å². The van der Waals surface area contributed by atoms with E-state index in [2.05, 4.69) is 0 Å². The van der Waals surface area contributed by atoms with Crippen LogP contribution in [0.25, 0.3) is 0 Å². The summed E-state index contributed by atoms with van der Waals surface area (Å²) >= 11 is 0. The summed E-state index contributed by atoms with van der Waals surface area (Å²) in [6.45, 7) is 0.767. The van der Waals surface area contributed by atoms with Crippen LogP contribution in [-0.2, 0) is 21.8 Å². The van der Waals surface area contributed by atoms with Crippen molar-refractivity contribution in [2.75, 3.05) is 20.2 Å². The van der Waals surface area contributed by atoms with Gasteiger partial charge in [-0.2, -0.15) is 4.31 Å². The highest BCUT2D eigenvalue weighted by Crippen LogP contribution is 2.26. The molecule has 1 aromatic heterocycles. The minimum Gasteiger partial charge on any atom is -0.381 e. The van der Waals surface area contributed by atoms with Crippen molar-refractivity contribution in [3.05, 3.63) is 18.5 Å². The zero-order valence-corrected chi connectivity index (χ0v) is 12.1. The van der Waals surface area contributed by atoms with Crippen LogP contribution in [0.15, 0.2) is 23.4 Å². The lowest BCUT2D eigenvalue weighted by molar-refractivity contribution is 0.0401. The molecule has 2 rings (SSSR count). The Hall–Kier alpha value is -0.890. The highest BCUT2D eigenvalue weighted by atomic mass is 32.2. The van der Waals surface area contributed by atoms with Gasteiger partial charge < -0.3 is 15.0 Å². The number of nitrogens with two attached hydrogens (primary N) is 1. The van der Waals surface area contributed by atoms with E-state index in [4.69, 9.17) is 10.5 Å². The first-order valence-corrected chi connectivity index (χ1v) is 7.79. The smallest absolute Gasteiger partial charge is 0.244 e. The highest BCUT2D eigenvalue weighted by molar-refractivity contribution is 7.89. The van der Waals surface area contributed by atoms with E-state index >= 15 is 0 Å². The highest BCUT2D eigenvalue weighted by Gasteiger charge is 2.36. The van der Waals surface area contributed by atoms with Gasteiger partial charge in [-0.3, -0.25) is 0 Å². The minimum atomic E-state index is -3.46. The molecule has 0 bridgehead atoms. The number of ether oxygens (including phenoxy) is 1. The number of aromatic nitrogens is 1. The Morgan fingerprint density at radius 2 is 2.26 bits per heavy atom. The first-order chi connectivity index (χ1) is 8.98. The second-order valence-corrected chi connectivity index (χ2v) is 6.79. The Labute approximate surface area is 114 Å². The Morgan fingerprint density at radius 1 is 1.53 bits per heavy atom. The van der Waals surface area contributed by atoms with Crippen molar-refractivity contribution in [2.45, 2.75) is 29.9 Å². The lowest BCUT2D eigenvalue weighted by Gasteiger charge is -2.37. The van der Waals surface area contributed by atoms with Gasteiger partial charge in [-0.1, -0.05) is 0 Å². The average molecular weight is 287 g/mol. The van der Waals surface area contributed by atoms with E-state index < -0.39 is 10.0 Å². The molecule has 0 radical (unpaired) electrons. The molecule has 2 atom stereocenters. The molecule has 1 aromatic rings. The molecular weight excluding hydrogens is 266 g/mol. The summed E-state index contributed by atoms with van der Waals surface area (Å²) in [5.74, 6) is 0. The van der Waals surface area contributed by atoms with Gasteiger partial charge in [0.2, 0.25) is 10.0 Å². The van der Waals surface area contributed by atoms with Crippen LogP contribution in [0.4, 0.5) is 0 Å². The second kappa shape index (κ2) is 5.62. The van der Waals surface area contributed by atoms with E-state index in [0.717, 1.165) is 0 Å². The largest absolute Gasteiger partial charge is 0.381 e. The monoisotopic (exact) mass is 287 g/mol. The van der Waals surface area contributed by atoms with Gasteiger partial charge in [0.1, 0.15) is 0 Å². The fourth-order valence-corrected chi connectivity index (χ4v) is 4.22. The molecule has 1 saturated heterocycles. The molecule has 1 aliphatic rings. The first-order valence-electron chi connectivity index (χ1n) is 6.35. The standard InChI is InChI=1S/C12H21N3O3S/c1-14-5-4-12(9-14)19(16,17)15-6-3-11(18-2)7-10(15)8-13/h4-5,9-11H,3,6-8,13H2,1-2H3.